The lowest BCUT2D eigenvalue weighted by Gasteiger charge is -2.47. The summed E-state index contributed by atoms with van der Waals surface area (Å²) in [5.74, 6) is -8.37. The van der Waals surface area contributed by atoms with Gasteiger partial charge in [-0.2, -0.15) is 4.39 Å². The van der Waals surface area contributed by atoms with E-state index in [2.05, 4.69) is 9.72 Å². The molecule has 1 aromatic heterocycles. The zero-order valence-corrected chi connectivity index (χ0v) is 23.9. The molecule has 45 heavy (non-hydrogen) atoms. The molecule has 0 saturated heterocycles. The molecule has 3 rings (SSSR count). The van der Waals surface area contributed by atoms with Crippen LogP contribution >= 0.6 is 11.6 Å². The van der Waals surface area contributed by atoms with Crippen molar-refractivity contribution in [2.24, 2.45) is 0 Å². The summed E-state index contributed by atoms with van der Waals surface area (Å²) in [6.45, 7) is -14.1. The number of pyridine rings is 1. The van der Waals surface area contributed by atoms with E-state index in [4.69, 9.17) is 11.6 Å². The monoisotopic (exact) mass is 675 g/mol. The van der Waals surface area contributed by atoms with E-state index < -0.39 is 90.3 Å². The SMILES string of the molecule is O=C(CCC(Cl)c1ccc(-c2ccc(OC(F)(CF)C(F)(CF)C(F)(CF)C(F)(CF)CF)cc2)nc1)c1c(F)cccc1F. The van der Waals surface area contributed by atoms with Crippen molar-refractivity contribution in [3.8, 4) is 17.0 Å². The van der Waals surface area contributed by atoms with Crippen LogP contribution in [0, 0.1) is 11.6 Å². The Hall–Kier alpha value is -3.42. The predicted molar refractivity (Wildman–Crippen MR) is 144 cm³/mol. The Morgan fingerprint density at radius 1 is 0.778 bits per heavy atom. The zero-order chi connectivity index (χ0) is 33.6. The van der Waals surface area contributed by atoms with Gasteiger partial charge in [-0.1, -0.05) is 12.1 Å². The van der Waals surface area contributed by atoms with Crippen LogP contribution in [0.15, 0.2) is 60.8 Å². The minimum Gasteiger partial charge on any atom is -0.452 e. The fraction of sp³-hybridized carbons (Fsp3) is 0.400. The molecule has 4 atom stereocenters. The molecule has 0 amide bonds. The molecule has 0 fully saturated rings. The summed E-state index contributed by atoms with van der Waals surface area (Å²) in [5.41, 5.74) is -14.8. The van der Waals surface area contributed by atoms with Gasteiger partial charge in [-0.15, -0.1) is 11.6 Å². The molecule has 2 aromatic carbocycles. The first-order valence-electron chi connectivity index (χ1n) is 13.1. The second kappa shape index (κ2) is 14.3. The third kappa shape index (κ3) is 6.75. The number of ketones is 1. The van der Waals surface area contributed by atoms with E-state index in [0.717, 1.165) is 42.5 Å². The maximum absolute atomic E-state index is 15.5. The Morgan fingerprint density at radius 3 is 1.82 bits per heavy atom. The molecular formula is C30H25ClF11NO2. The number of hydrogen-bond donors (Lipinski definition) is 0. The molecule has 0 N–H and O–H groups in total. The van der Waals surface area contributed by atoms with Gasteiger partial charge in [0.15, 0.2) is 12.5 Å². The van der Waals surface area contributed by atoms with Crippen LogP contribution in [0.4, 0.5) is 48.3 Å². The number of carbonyl (C=O) groups excluding carboxylic acids is 1. The minimum atomic E-state index is -5.18. The quantitative estimate of drug-likeness (QED) is 0.0865. The maximum Gasteiger partial charge on any atom is 0.316 e. The number of nitrogens with zero attached hydrogens (tertiary/aromatic N) is 1. The lowest BCUT2D eigenvalue weighted by molar-refractivity contribution is -0.276. The Balaban J connectivity index is 1.76. The third-order valence-corrected chi connectivity index (χ3v) is 7.81. The van der Waals surface area contributed by atoms with E-state index in [0.29, 0.717) is 5.56 Å². The molecule has 0 aliphatic rings. The van der Waals surface area contributed by atoms with Gasteiger partial charge in [-0.25, -0.2) is 43.9 Å². The fourth-order valence-electron chi connectivity index (χ4n) is 4.50. The van der Waals surface area contributed by atoms with E-state index >= 15 is 13.2 Å². The number of aromatic nitrogens is 1. The average Bonchev–Trinajstić information content (AvgIpc) is 3.06. The zero-order valence-electron chi connectivity index (χ0n) is 23.1. The van der Waals surface area contributed by atoms with Gasteiger partial charge in [0.2, 0.25) is 17.0 Å². The van der Waals surface area contributed by atoms with Gasteiger partial charge < -0.3 is 4.74 Å². The first-order valence-corrected chi connectivity index (χ1v) is 13.6. The van der Waals surface area contributed by atoms with Crippen LogP contribution in [-0.4, -0.2) is 67.0 Å². The van der Waals surface area contributed by atoms with Crippen LogP contribution in [0.5, 0.6) is 5.75 Å². The highest BCUT2D eigenvalue weighted by Crippen LogP contribution is 2.51. The standard InChI is InChI=1S/C30H25ClF11NO2/c31-21(9-11-25(44)26-22(37)2-1-3-23(26)38)19-6-10-24(43-12-19)18-4-7-20(8-5-18)45-30(42,17-36)29(41,16-35)28(40,15-34)27(39,13-32)14-33/h1-8,10,12,21H,9,11,13-17H2. The smallest absolute Gasteiger partial charge is 0.316 e. The van der Waals surface area contributed by atoms with E-state index in [-0.39, 0.29) is 24.1 Å². The van der Waals surface area contributed by atoms with Gasteiger partial charge in [-0.3, -0.25) is 9.78 Å². The average molecular weight is 676 g/mol. The van der Waals surface area contributed by atoms with Crippen molar-refractivity contribution in [2.75, 3.05) is 33.4 Å². The number of halogens is 12. The minimum absolute atomic E-state index is 0.00151. The van der Waals surface area contributed by atoms with Gasteiger partial charge in [0.25, 0.3) is 0 Å². The molecule has 3 nitrogen and oxygen atoms in total. The van der Waals surface area contributed by atoms with Crippen molar-refractivity contribution in [1.29, 1.82) is 0 Å². The molecule has 15 heteroatoms. The lowest BCUT2D eigenvalue weighted by atomic mass is 9.72. The highest BCUT2D eigenvalue weighted by molar-refractivity contribution is 6.21. The van der Waals surface area contributed by atoms with E-state index in [1.54, 1.807) is 0 Å². The molecule has 0 radical (unpaired) electrons. The second-order valence-corrected chi connectivity index (χ2v) is 10.6. The van der Waals surface area contributed by atoms with Crippen molar-refractivity contribution in [1.82, 2.24) is 4.98 Å². The lowest BCUT2D eigenvalue weighted by Crippen LogP contribution is -2.74. The van der Waals surface area contributed by atoms with Crippen molar-refractivity contribution in [2.45, 2.75) is 41.1 Å². The summed E-state index contributed by atoms with van der Waals surface area (Å²) in [5, 5.41) is -0.791. The fourth-order valence-corrected chi connectivity index (χ4v) is 4.74. The number of carbonyl (C=O) groups is 1. The predicted octanol–water partition coefficient (Wildman–Crippen LogP) is 8.99. The highest BCUT2D eigenvalue weighted by atomic mass is 35.5. The number of benzene rings is 2. The number of Topliss-reactive ketones (excluding diaryl/α,β-unsaturated/α-hetero) is 1. The van der Waals surface area contributed by atoms with Crippen molar-refractivity contribution in [3.63, 3.8) is 0 Å². The Bertz CT molecular complexity index is 1420. The van der Waals surface area contributed by atoms with Crippen molar-refractivity contribution in [3.05, 3.63) is 83.6 Å². The summed E-state index contributed by atoms with van der Waals surface area (Å²) in [7, 11) is 0. The molecule has 3 aromatic rings. The third-order valence-electron chi connectivity index (χ3n) is 7.34. The summed E-state index contributed by atoms with van der Waals surface area (Å²) in [6, 6.07) is 10.0. The molecule has 0 aliphatic carbocycles. The second-order valence-electron chi connectivity index (χ2n) is 10.1. The van der Waals surface area contributed by atoms with Crippen LogP contribution < -0.4 is 4.74 Å². The number of rotatable bonds is 16. The Kier molecular flexibility index (Phi) is 11.5. The van der Waals surface area contributed by atoms with Gasteiger partial charge in [-0.05, 0) is 54.4 Å². The van der Waals surface area contributed by atoms with Gasteiger partial charge in [0.1, 0.15) is 44.1 Å². The Labute approximate surface area is 255 Å². The number of alkyl halides is 10. The van der Waals surface area contributed by atoms with Crippen molar-refractivity contribution >= 4 is 17.4 Å². The van der Waals surface area contributed by atoms with E-state index in [1.807, 2.05) is 0 Å². The molecule has 0 bridgehead atoms. The molecular weight excluding hydrogens is 651 g/mol. The van der Waals surface area contributed by atoms with E-state index in [1.165, 1.54) is 18.3 Å². The maximum atomic E-state index is 15.5. The van der Waals surface area contributed by atoms with Gasteiger partial charge >= 0.3 is 5.85 Å². The highest BCUT2D eigenvalue weighted by Gasteiger charge is 2.77. The normalized spacial score (nSPS) is 16.7. The van der Waals surface area contributed by atoms with Crippen LogP contribution in [0.25, 0.3) is 11.3 Å². The summed E-state index contributed by atoms with van der Waals surface area (Å²) < 4.78 is 160. The van der Waals surface area contributed by atoms with Gasteiger partial charge in [0, 0.05) is 18.2 Å². The Morgan fingerprint density at radius 2 is 1.36 bits per heavy atom. The molecule has 4 unspecified atom stereocenters. The largest absolute Gasteiger partial charge is 0.452 e. The van der Waals surface area contributed by atoms with Crippen LogP contribution in [0.1, 0.15) is 34.1 Å². The van der Waals surface area contributed by atoms with Gasteiger partial charge in [0.05, 0.1) is 16.6 Å². The first-order chi connectivity index (χ1) is 21.2. The molecule has 0 spiro atoms. The molecule has 0 saturated carbocycles. The summed E-state index contributed by atoms with van der Waals surface area (Å²) in [6.07, 6.45) is 1.03. The first kappa shape index (κ1) is 36.1. The number of hydrogen-bond acceptors (Lipinski definition) is 3. The molecule has 0 aliphatic heterocycles. The topological polar surface area (TPSA) is 39.2 Å². The van der Waals surface area contributed by atoms with Crippen molar-refractivity contribution < 1.29 is 57.8 Å². The number of ether oxygens (including phenoxy) is 1. The summed E-state index contributed by atoms with van der Waals surface area (Å²) >= 11 is 6.31. The van der Waals surface area contributed by atoms with E-state index in [9.17, 15) is 39.9 Å². The van der Waals surface area contributed by atoms with Crippen LogP contribution in [0.2, 0.25) is 0 Å². The van der Waals surface area contributed by atoms with Crippen LogP contribution in [0.3, 0.4) is 0 Å². The molecule has 1 heterocycles. The molecule has 246 valence electrons. The summed E-state index contributed by atoms with van der Waals surface area (Å²) in [4.78, 5) is 16.4. The van der Waals surface area contributed by atoms with Crippen LogP contribution in [-0.2, 0) is 0 Å².